The molecule has 152 valence electrons. The van der Waals surface area contributed by atoms with Gasteiger partial charge in [0.25, 0.3) is 5.91 Å². The van der Waals surface area contributed by atoms with Crippen LogP contribution in [0.4, 0.5) is 4.39 Å². The van der Waals surface area contributed by atoms with E-state index in [4.69, 9.17) is 27.9 Å². The lowest BCUT2D eigenvalue weighted by molar-refractivity contribution is 0.0939. The molecule has 10 heteroatoms. The first-order valence-corrected chi connectivity index (χ1v) is 10.4. The van der Waals surface area contributed by atoms with E-state index in [1.807, 2.05) is 0 Å². The monoisotopic (exact) mass is 448 g/mol. The van der Waals surface area contributed by atoms with Crippen molar-refractivity contribution < 1.29 is 22.3 Å². The van der Waals surface area contributed by atoms with E-state index < -0.39 is 27.8 Å². The topological polar surface area (TPSA) is 84.5 Å². The van der Waals surface area contributed by atoms with Gasteiger partial charge in [-0.3, -0.25) is 4.79 Å². The van der Waals surface area contributed by atoms with Crippen LogP contribution >= 0.6 is 23.2 Å². The highest BCUT2D eigenvalue weighted by Crippen LogP contribution is 2.28. The van der Waals surface area contributed by atoms with E-state index >= 15 is 0 Å². The SMILES string of the molecule is COCCNS(=O)(=O)c1cccc(C(=O)NC(C)c2cc(F)c(Cl)cc2Cl)c1. The van der Waals surface area contributed by atoms with Crippen molar-refractivity contribution in [3.63, 3.8) is 0 Å². The van der Waals surface area contributed by atoms with Crippen LogP contribution in [0.1, 0.15) is 28.9 Å². The van der Waals surface area contributed by atoms with E-state index in [1.54, 1.807) is 6.92 Å². The number of amides is 1. The highest BCUT2D eigenvalue weighted by Gasteiger charge is 2.19. The number of ether oxygens (including phenoxy) is 1. The molecule has 0 bridgehead atoms. The average molecular weight is 449 g/mol. The van der Waals surface area contributed by atoms with Crippen molar-refractivity contribution in [2.45, 2.75) is 17.9 Å². The van der Waals surface area contributed by atoms with Gasteiger partial charge in [0.15, 0.2) is 0 Å². The molecule has 1 amide bonds. The second kappa shape index (κ2) is 9.67. The highest BCUT2D eigenvalue weighted by molar-refractivity contribution is 7.89. The molecule has 0 saturated heterocycles. The zero-order chi connectivity index (χ0) is 20.9. The molecular formula is C18H19Cl2FN2O4S. The Balaban J connectivity index is 2.18. The minimum absolute atomic E-state index is 0.0560. The van der Waals surface area contributed by atoms with Crippen LogP contribution in [0, 0.1) is 5.82 Å². The summed E-state index contributed by atoms with van der Waals surface area (Å²) in [4.78, 5) is 12.5. The maximum absolute atomic E-state index is 13.7. The van der Waals surface area contributed by atoms with Crippen molar-refractivity contribution in [3.8, 4) is 0 Å². The molecule has 1 atom stereocenters. The standard InChI is InChI=1S/C18H19Cl2FN2O4S/c1-11(14-9-17(21)16(20)10-15(14)19)23-18(24)12-4-3-5-13(8-12)28(25,26)22-6-7-27-2/h3-5,8-11,22H,6-7H2,1-2H3,(H,23,24). The van der Waals surface area contributed by atoms with E-state index in [1.165, 1.54) is 37.4 Å². The Morgan fingerprint density at radius 3 is 2.61 bits per heavy atom. The summed E-state index contributed by atoms with van der Waals surface area (Å²) in [7, 11) is -2.32. The normalized spacial score (nSPS) is 12.6. The van der Waals surface area contributed by atoms with E-state index in [9.17, 15) is 17.6 Å². The Bertz CT molecular complexity index is 970. The van der Waals surface area contributed by atoms with E-state index in [0.29, 0.717) is 5.56 Å². The van der Waals surface area contributed by atoms with Crippen LogP contribution in [0.5, 0.6) is 0 Å². The first-order valence-electron chi connectivity index (χ1n) is 8.19. The second-order valence-corrected chi connectivity index (χ2v) is 8.48. The third-order valence-electron chi connectivity index (χ3n) is 3.86. The average Bonchev–Trinajstić information content (AvgIpc) is 2.64. The molecule has 2 N–H and O–H groups in total. The molecule has 0 saturated carbocycles. The molecule has 2 rings (SSSR count). The molecule has 1 unspecified atom stereocenters. The molecule has 0 aliphatic carbocycles. The van der Waals surface area contributed by atoms with E-state index in [-0.39, 0.29) is 33.7 Å². The van der Waals surface area contributed by atoms with Crippen molar-refractivity contribution in [1.82, 2.24) is 10.0 Å². The van der Waals surface area contributed by atoms with Gasteiger partial charge in [0.05, 0.1) is 22.6 Å². The number of nitrogens with one attached hydrogen (secondary N) is 2. The van der Waals surface area contributed by atoms with Crippen LogP contribution in [-0.4, -0.2) is 34.6 Å². The summed E-state index contributed by atoms with van der Waals surface area (Å²) in [5.41, 5.74) is 0.481. The molecule has 0 aliphatic heterocycles. The summed E-state index contributed by atoms with van der Waals surface area (Å²) >= 11 is 11.8. The minimum Gasteiger partial charge on any atom is -0.383 e. The Morgan fingerprint density at radius 2 is 1.93 bits per heavy atom. The van der Waals surface area contributed by atoms with Gasteiger partial charge in [0.2, 0.25) is 10.0 Å². The van der Waals surface area contributed by atoms with E-state index in [0.717, 1.165) is 6.07 Å². The van der Waals surface area contributed by atoms with Crippen LogP contribution in [0.2, 0.25) is 10.0 Å². The lowest BCUT2D eigenvalue weighted by atomic mass is 10.1. The number of methoxy groups -OCH3 is 1. The number of sulfonamides is 1. The molecule has 0 aromatic heterocycles. The maximum atomic E-state index is 13.7. The van der Waals surface area contributed by atoms with E-state index in [2.05, 4.69) is 10.0 Å². The zero-order valence-corrected chi connectivity index (χ0v) is 17.5. The predicted molar refractivity (Wildman–Crippen MR) is 106 cm³/mol. The summed E-state index contributed by atoms with van der Waals surface area (Å²) < 4.78 is 45.4. The van der Waals surface area contributed by atoms with Crippen molar-refractivity contribution in [1.29, 1.82) is 0 Å². The van der Waals surface area contributed by atoms with Gasteiger partial charge in [0, 0.05) is 24.2 Å². The third kappa shape index (κ3) is 5.65. The maximum Gasteiger partial charge on any atom is 0.251 e. The molecule has 2 aromatic carbocycles. The summed E-state index contributed by atoms with van der Waals surface area (Å²) in [6.07, 6.45) is 0. The van der Waals surface area contributed by atoms with Gasteiger partial charge >= 0.3 is 0 Å². The summed E-state index contributed by atoms with van der Waals surface area (Å²) in [5.74, 6) is -1.19. The number of hydrogen-bond donors (Lipinski definition) is 2. The van der Waals surface area contributed by atoms with Crippen LogP contribution in [-0.2, 0) is 14.8 Å². The lowest BCUT2D eigenvalue weighted by Crippen LogP contribution is -2.29. The van der Waals surface area contributed by atoms with Crippen molar-refractivity contribution in [3.05, 3.63) is 63.4 Å². The summed E-state index contributed by atoms with van der Waals surface area (Å²) in [6.45, 7) is 1.95. The molecule has 28 heavy (non-hydrogen) atoms. The largest absolute Gasteiger partial charge is 0.383 e. The van der Waals surface area contributed by atoms with Crippen molar-refractivity contribution >= 4 is 39.1 Å². The fourth-order valence-electron chi connectivity index (χ4n) is 2.39. The van der Waals surface area contributed by atoms with Gasteiger partial charge in [-0.1, -0.05) is 29.3 Å². The number of rotatable bonds is 8. The number of carbonyl (C=O) groups is 1. The van der Waals surface area contributed by atoms with Crippen molar-refractivity contribution in [2.75, 3.05) is 20.3 Å². The number of halogens is 3. The molecule has 0 heterocycles. The minimum atomic E-state index is -3.78. The quantitative estimate of drug-likeness (QED) is 0.477. The molecule has 6 nitrogen and oxygen atoms in total. The van der Waals surface area contributed by atoms with Gasteiger partial charge in [-0.15, -0.1) is 0 Å². The van der Waals surface area contributed by atoms with Gasteiger partial charge in [-0.05, 0) is 42.8 Å². The Hall–Kier alpha value is -1.71. The molecule has 0 spiro atoms. The summed E-state index contributed by atoms with van der Waals surface area (Å²) in [5, 5.41) is 2.75. The van der Waals surface area contributed by atoms with Crippen LogP contribution < -0.4 is 10.0 Å². The predicted octanol–water partition coefficient (Wildman–Crippen LogP) is 3.55. The molecule has 2 aromatic rings. The van der Waals surface area contributed by atoms with Crippen LogP contribution in [0.25, 0.3) is 0 Å². The van der Waals surface area contributed by atoms with Crippen LogP contribution in [0.3, 0.4) is 0 Å². The van der Waals surface area contributed by atoms with Gasteiger partial charge < -0.3 is 10.1 Å². The van der Waals surface area contributed by atoms with Gasteiger partial charge in [-0.25, -0.2) is 17.5 Å². The lowest BCUT2D eigenvalue weighted by Gasteiger charge is -2.17. The van der Waals surface area contributed by atoms with Crippen molar-refractivity contribution in [2.24, 2.45) is 0 Å². The number of hydrogen-bond acceptors (Lipinski definition) is 4. The molecule has 0 radical (unpaired) electrons. The molecular weight excluding hydrogens is 430 g/mol. The van der Waals surface area contributed by atoms with Gasteiger partial charge in [0.1, 0.15) is 5.82 Å². The summed E-state index contributed by atoms with van der Waals surface area (Å²) in [6, 6.07) is 7.33. The Labute approximate surface area is 173 Å². The second-order valence-electron chi connectivity index (χ2n) is 5.90. The third-order valence-corrected chi connectivity index (χ3v) is 5.93. The van der Waals surface area contributed by atoms with Crippen LogP contribution in [0.15, 0.2) is 41.3 Å². The fourth-order valence-corrected chi connectivity index (χ4v) is 4.00. The number of carbonyl (C=O) groups excluding carboxylic acids is 1. The zero-order valence-electron chi connectivity index (χ0n) is 15.1. The molecule has 0 aliphatic rings. The Kier molecular flexibility index (Phi) is 7.79. The molecule has 0 fully saturated rings. The Morgan fingerprint density at radius 1 is 1.21 bits per heavy atom. The first kappa shape index (κ1) is 22.6. The first-order chi connectivity index (χ1) is 13.2. The fraction of sp³-hybridized carbons (Fsp3) is 0.278. The van der Waals surface area contributed by atoms with Gasteiger partial charge in [-0.2, -0.15) is 0 Å². The highest BCUT2D eigenvalue weighted by atomic mass is 35.5. The number of benzene rings is 2. The smallest absolute Gasteiger partial charge is 0.251 e.